The van der Waals surface area contributed by atoms with Crippen LogP contribution in [0, 0.1) is 23.4 Å². The SMILES string of the molecule is COc1c(CC2CCCNC2)cc(F)c(F)c1F. The van der Waals surface area contributed by atoms with Crippen molar-refractivity contribution in [1.82, 2.24) is 5.32 Å². The molecule has 0 amide bonds. The van der Waals surface area contributed by atoms with E-state index in [0.29, 0.717) is 17.9 Å². The Morgan fingerprint density at radius 1 is 1.33 bits per heavy atom. The van der Waals surface area contributed by atoms with Crippen molar-refractivity contribution < 1.29 is 17.9 Å². The molecule has 0 bridgehead atoms. The lowest BCUT2D eigenvalue weighted by Crippen LogP contribution is -2.31. The molecule has 1 aliphatic rings. The number of ether oxygens (including phenoxy) is 1. The van der Waals surface area contributed by atoms with Gasteiger partial charge in [-0.1, -0.05) is 0 Å². The number of methoxy groups -OCH3 is 1. The van der Waals surface area contributed by atoms with Crippen molar-refractivity contribution in [2.75, 3.05) is 20.2 Å². The fraction of sp³-hybridized carbons (Fsp3) is 0.538. The molecule has 0 radical (unpaired) electrons. The molecule has 0 aliphatic carbocycles. The topological polar surface area (TPSA) is 21.3 Å². The Morgan fingerprint density at radius 2 is 2.11 bits per heavy atom. The molecule has 1 unspecified atom stereocenters. The Hall–Kier alpha value is -1.23. The lowest BCUT2D eigenvalue weighted by molar-refractivity contribution is 0.339. The predicted octanol–water partition coefficient (Wildman–Crippen LogP) is 2.65. The van der Waals surface area contributed by atoms with Gasteiger partial charge in [-0.2, -0.15) is 4.39 Å². The van der Waals surface area contributed by atoms with Crippen LogP contribution < -0.4 is 10.1 Å². The Morgan fingerprint density at radius 3 is 2.72 bits per heavy atom. The van der Waals surface area contributed by atoms with Gasteiger partial charge in [-0.05, 0) is 44.3 Å². The van der Waals surface area contributed by atoms with E-state index in [1.807, 2.05) is 0 Å². The standard InChI is InChI=1S/C13H16F3NO/c1-18-13-9(5-8-3-2-4-17-7-8)6-10(14)11(15)12(13)16/h6,8,17H,2-5,7H2,1H3. The smallest absolute Gasteiger partial charge is 0.203 e. The van der Waals surface area contributed by atoms with Crippen LogP contribution in [0.2, 0.25) is 0 Å². The van der Waals surface area contributed by atoms with Crippen LogP contribution in [0.3, 0.4) is 0 Å². The van der Waals surface area contributed by atoms with Gasteiger partial charge in [0.1, 0.15) is 0 Å². The number of rotatable bonds is 3. The summed E-state index contributed by atoms with van der Waals surface area (Å²) in [4.78, 5) is 0. The second-order valence-electron chi connectivity index (χ2n) is 4.60. The molecule has 2 nitrogen and oxygen atoms in total. The predicted molar refractivity (Wildman–Crippen MR) is 62.2 cm³/mol. The van der Waals surface area contributed by atoms with Crippen LogP contribution >= 0.6 is 0 Å². The van der Waals surface area contributed by atoms with Gasteiger partial charge in [-0.3, -0.25) is 0 Å². The number of halogens is 3. The minimum atomic E-state index is -1.47. The molecule has 1 heterocycles. The van der Waals surface area contributed by atoms with Gasteiger partial charge in [0, 0.05) is 5.56 Å². The molecule has 1 aromatic carbocycles. The molecule has 100 valence electrons. The molecular formula is C13H16F3NO. The summed E-state index contributed by atoms with van der Waals surface area (Å²) in [5.74, 6) is -3.75. The first kappa shape index (κ1) is 13.2. The van der Waals surface area contributed by atoms with Crippen LogP contribution in [0.15, 0.2) is 6.07 Å². The van der Waals surface area contributed by atoms with E-state index in [9.17, 15) is 13.2 Å². The monoisotopic (exact) mass is 259 g/mol. The van der Waals surface area contributed by atoms with E-state index in [2.05, 4.69) is 5.32 Å². The first-order valence-corrected chi connectivity index (χ1v) is 6.04. The maximum Gasteiger partial charge on any atom is 0.203 e. The van der Waals surface area contributed by atoms with Gasteiger partial charge in [0.15, 0.2) is 17.4 Å². The molecule has 1 N–H and O–H groups in total. The van der Waals surface area contributed by atoms with Crippen molar-refractivity contribution in [3.63, 3.8) is 0 Å². The lowest BCUT2D eigenvalue weighted by Gasteiger charge is -2.23. The Kier molecular flexibility index (Phi) is 4.11. The molecule has 18 heavy (non-hydrogen) atoms. The van der Waals surface area contributed by atoms with E-state index >= 15 is 0 Å². The molecule has 1 aliphatic heterocycles. The van der Waals surface area contributed by atoms with Gasteiger partial charge < -0.3 is 10.1 Å². The maximum absolute atomic E-state index is 13.5. The Balaban J connectivity index is 2.25. The van der Waals surface area contributed by atoms with Crippen LogP contribution in [0.1, 0.15) is 18.4 Å². The van der Waals surface area contributed by atoms with Crippen molar-refractivity contribution in [1.29, 1.82) is 0 Å². The molecule has 1 saturated heterocycles. The summed E-state index contributed by atoms with van der Waals surface area (Å²) in [5.41, 5.74) is 0.391. The summed E-state index contributed by atoms with van der Waals surface area (Å²) in [6.45, 7) is 1.78. The molecule has 1 atom stereocenters. The van der Waals surface area contributed by atoms with Crippen LogP contribution in [-0.4, -0.2) is 20.2 Å². The first-order valence-electron chi connectivity index (χ1n) is 6.04. The third-order valence-electron chi connectivity index (χ3n) is 3.31. The normalized spacial score (nSPS) is 19.9. The van der Waals surface area contributed by atoms with E-state index < -0.39 is 17.5 Å². The second-order valence-corrected chi connectivity index (χ2v) is 4.60. The van der Waals surface area contributed by atoms with Gasteiger partial charge >= 0.3 is 0 Å². The average molecular weight is 259 g/mol. The first-order chi connectivity index (χ1) is 8.63. The zero-order valence-corrected chi connectivity index (χ0v) is 10.2. The quantitative estimate of drug-likeness (QED) is 0.843. The van der Waals surface area contributed by atoms with Crippen molar-refractivity contribution in [2.24, 2.45) is 5.92 Å². The number of hydrogen-bond donors (Lipinski definition) is 1. The third kappa shape index (κ3) is 2.61. The number of hydrogen-bond acceptors (Lipinski definition) is 2. The molecule has 2 rings (SSSR count). The highest BCUT2D eigenvalue weighted by Gasteiger charge is 2.22. The summed E-state index contributed by atoms with van der Waals surface area (Å²) in [5, 5.41) is 3.23. The van der Waals surface area contributed by atoms with Gasteiger partial charge in [-0.15, -0.1) is 0 Å². The van der Waals surface area contributed by atoms with Crippen LogP contribution in [0.4, 0.5) is 13.2 Å². The van der Waals surface area contributed by atoms with Gasteiger partial charge in [0.2, 0.25) is 5.82 Å². The summed E-state index contributed by atoms with van der Waals surface area (Å²) in [7, 11) is 1.26. The number of benzene rings is 1. The van der Waals surface area contributed by atoms with Crippen LogP contribution in [0.5, 0.6) is 5.75 Å². The van der Waals surface area contributed by atoms with Crippen LogP contribution in [-0.2, 0) is 6.42 Å². The van der Waals surface area contributed by atoms with E-state index in [4.69, 9.17) is 4.74 Å². The third-order valence-corrected chi connectivity index (χ3v) is 3.31. The van der Waals surface area contributed by atoms with Gasteiger partial charge in [-0.25, -0.2) is 8.78 Å². The molecule has 0 spiro atoms. The highest BCUT2D eigenvalue weighted by atomic mass is 19.2. The fourth-order valence-corrected chi connectivity index (χ4v) is 2.41. The minimum Gasteiger partial charge on any atom is -0.493 e. The Bertz CT molecular complexity index is 431. The van der Waals surface area contributed by atoms with E-state index in [1.165, 1.54) is 7.11 Å². The molecule has 0 aromatic heterocycles. The van der Waals surface area contributed by atoms with E-state index in [0.717, 1.165) is 32.0 Å². The molecule has 5 heteroatoms. The number of nitrogens with one attached hydrogen (secondary N) is 1. The largest absolute Gasteiger partial charge is 0.493 e. The highest BCUT2D eigenvalue weighted by Crippen LogP contribution is 2.30. The summed E-state index contributed by atoms with van der Waals surface area (Å²) >= 11 is 0. The fourth-order valence-electron chi connectivity index (χ4n) is 2.41. The maximum atomic E-state index is 13.5. The van der Waals surface area contributed by atoms with E-state index in [1.54, 1.807) is 0 Å². The molecule has 1 fully saturated rings. The van der Waals surface area contributed by atoms with Crippen LogP contribution in [0.25, 0.3) is 0 Å². The van der Waals surface area contributed by atoms with Crippen molar-refractivity contribution >= 4 is 0 Å². The van der Waals surface area contributed by atoms with Crippen molar-refractivity contribution in [3.8, 4) is 5.75 Å². The lowest BCUT2D eigenvalue weighted by atomic mass is 9.92. The highest BCUT2D eigenvalue weighted by molar-refractivity contribution is 5.37. The van der Waals surface area contributed by atoms with Gasteiger partial charge in [0.25, 0.3) is 0 Å². The van der Waals surface area contributed by atoms with Gasteiger partial charge in [0.05, 0.1) is 7.11 Å². The average Bonchev–Trinajstić information content (AvgIpc) is 2.38. The second kappa shape index (κ2) is 5.61. The van der Waals surface area contributed by atoms with Crippen molar-refractivity contribution in [2.45, 2.75) is 19.3 Å². The Labute approximate surface area is 104 Å². The summed E-state index contributed by atoms with van der Waals surface area (Å²) in [6.07, 6.45) is 2.53. The minimum absolute atomic E-state index is 0.181. The zero-order chi connectivity index (χ0) is 13.1. The summed E-state index contributed by atoms with van der Waals surface area (Å²) < 4.78 is 44.7. The number of piperidine rings is 1. The van der Waals surface area contributed by atoms with Crippen molar-refractivity contribution in [3.05, 3.63) is 29.1 Å². The summed E-state index contributed by atoms with van der Waals surface area (Å²) in [6, 6.07) is 1.03. The molecule has 0 saturated carbocycles. The molecule has 1 aromatic rings. The van der Waals surface area contributed by atoms with E-state index in [-0.39, 0.29) is 5.75 Å². The molecular weight excluding hydrogens is 243 g/mol. The zero-order valence-electron chi connectivity index (χ0n) is 10.2.